The highest BCUT2D eigenvalue weighted by atomic mass is 15.3. The second kappa shape index (κ2) is 5.56. The molecule has 108 valence electrons. The maximum absolute atomic E-state index is 4.74. The normalized spacial score (nSPS) is 13.5. The van der Waals surface area contributed by atoms with Crippen LogP contribution in [0.2, 0.25) is 0 Å². The van der Waals surface area contributed by atoms with Gasteiger partial charge in [-0.1, -0.05) is 48.5 Å². The van der Waals surface area contributed by atoms with Crippen LogP contribution in [0.1, 0.15) is 22.3 Å². The van der Waals surface area contributed by atoms with Gasteiger partial charge in [-0.05, 0) is 17.5 Å². The predicted molar refractivity (Wildman–Crippen MR) is 86.2 cm³/mol. The van der Waals surface area contributed by atoms with Gasteiger partial charge in [-0.3, -0.25) is 4.99 Å². The second-order valence-electron chi connectivity index (χ2n) is 5.43. The molecule has 0 spiro atoms. The Bertz CT molecular complexity index is 801. The van der Waals surface area contributed by atoms with Crippen molar-refractivity contribution in [1.29, 1.82) is 0 Å². The summed E-state index contributed by atoms with van der Waals surface area (Å²) >= 11 is 0. The third-order valence-corrected chi connectivity index (χ3v) is 3.96. The molecule has 22 heavy (non-hydrogen) atoms. The third-order valence-electron chi connectivity index (χ3n) is 3.96. The molecule has 3 aromatic rings. The highest BCUT2D eigenvalue weighted by Gasteiger charge is 2.14. The molecular weight excluding hydrogens is 272 g/mol. The van der Waals surface area contributed by atoms with Gasteiger partial charge in [-0.2, -0.15) is 5.10 Å². The Morgan fingerprint density at radius 3 is 2.68 bits per heavy atom. The predicted octanol–water partition coefficient (Wildman–Crippen LogP) is 2.72. The fraction of sp³-hybridized carbons (Fsp3) is 0.167. The topological polar surface area (TPSA) is 43.1 Å². The van der Waals surface area contributed by atoms with E-state index in [4.69, 9.17) is 4.99 Å². The van der Waals surface area contributed by atoms with Crippen molar-refractivity contribution in [1.82, 2.24) is 14.8 Å². The number of fused-ring (bicyclic) bond motifs is 1. The van der Waals surface area contributed by atoms with Crippen LogP contribution >= 0.6 is 0 Å². The Morgan fingerprint density at radius 1 is 1.00 bits per heavy atom. The summed E-state index contributed by atoms with van der Waals surface area (Å²) in [6, 6.07) is 17.1. The van der Waals surface area contributed by atoms with Crippen LogP contribution in [0.3, 0.4) is 0 Å². The van der Waals surface area contributed by atoms with Crippen molar-refractivity contribution in [3.8, 4) is 0 Å². The lowest BCUT2D eigenvalue weighted by molar-refractivity contribution is 0.685. The third kappa shape index (κ3) is 2.44. The number of aliphatic imine (C=N–C) groups is 1. The van der Waals surface area contributed by atoms with E-state index in [1.165, 1.54) is 22.3 Å². The standard InChI is InChI=1S/C18H16N4/c1-2-4-17-15(3-1)9-10-20-18(17)16-7-5-14(6-8-16)11-22-13-19-12-21-22/h1-8,12-13H,9-11H2. The Kier molecular flexibility index (Phi) is 3.27. The van der Waals surface area contributed by atoms with Crippen LogP contribution in [0.4, 0.5) is 0 Å². The van der Waals surface area contributed by atoms with Crippen molar-refractivity contribution >= 4 is 5.71 Å². The minimum Gasteiger partial charge on any atom is -0.284 e. The lowest BCUT2D eigenvalue weighted by Crippen LogP contribution is -2.14. The van der Waals surface area contributed by atoms with Crippen molar-refractivity contribution < 1.29 is 0 Å². The van der Waals surface area contributed by atoms with Crippen LogP contribution in [-0.2, 0) is 13.0 Å². The highest BCUT2D eigenvalue weighted by molar-refractivity contribution is 6.14. The molecule has 4 rings (SSSR count). The van der Waals surface area contributed by atoms with Crippen molar-refractivity contribution in [2.75, 3.05) is 6.54 Å². The molecule has 0 aliphatic carbocycles. The summed E-state index contributed by atoms with van der Waals surface area (Å²) in [4.78, 5) is 8.70. The average Bonchev–Trinajstić information content (AvgIpc) is 3.08. The molecule has 0 saturated carbocycles. The SMILES string of the molecule is c1ccc2c(c1)CCN=C2c1ccc(Cn2cncn2)cc1. The van der Waals surface area contributed by atoms with Gasteiger partial charge in [0.1, 0.15) is 12.7 Å². The van der Waals surface area contributed by atoms with E-state index in [-0.39, 0.29) is 0 Å². The summed E-state index contributed by atoms with van der Waals surface area (Å²) in [5.41, 5.74) is 6.14. The fourth-order valence-corrected chi connectivity index (χ4v) is 2.86. The quantitative estimate of drug-likeness (QED) is 0.743. The van der Waals surface area contributed by atoms with Gasteiger partial charge in [0, 0.05) is 17.7 Å². The minimum absolute atomic E-state index is 0.739. The molecule has 0 amide bonds. The second-order valence-corrected chi connectivity index (χ2v) is 5.43. The monoisotopic (exact) mass is 288 g/mol. The molecule has 0 radical (unpaired) electrons. The molecule has 0 atom stereocenters. The smallest absolute Gasteiger partial charge is 0.137 e. The van der Waals surface area contributed by atoms with E-state index in [9.17, 15) is 0 Å². The Hall–Kier alpha value is -2.75. The fourth-order valence-electron chi connectivity index (χ4n) is 2.86. The average molecular weight is 288 g/mol. The summed E-state index contributed by atoms with van der Waals surface area (Å²) in [6.45, 7) is 1.61. The zero-order valence-electron chi connectivity index (χ0n) is 12.2. The van der Waals surface area contributed by atoms with Crippen LogP contribution in [-0.4, -0.2) is 27.0 Å². The van der Waals surface area contributed by atoms with Crippen molar-refractivity contribution in [3.05, 3.63) is 83.4 Å². The number of hydrogen-bond acceptors (Lipinski definition) is 3. The molecule has 0 N–H and O–H groups in total. The maximum Gasteiger partial charge on any atom is 0.137 e. The molecular formula is C18H16N4. The number of rotatable bonds is 3. The highest BCUT2D eigenvalue weighted by Crippen LogP contribution is 2.20. The van der Waals surface area contributed by atoms with E-state index in [0.717, 1.165) is 25.2 Å². The number of benzene rings is 2. The first-order chi connectivity index (χ1) is 10.9. The molecule has 1 aromatic heterocycles. The Morgan fingerprint density at radius 2 is 1.86 bits per heavy atom. The lowest BCUT2D eigenvalue weighted by atomic mass is 9.93. The molecule has 4 heteroatoms. The summed E-state index contributed by atoms with van der Waals surface area (Å²) in [5.74, 6) is 0. The van der Waals surface area contributed by atoms with Gasteiger partial charge in [0.15, 0.2) is 0 Å². The summed E-state index contributed by atoms with van der Waals surface area (Å²) < 4.78 is 1.82. The van der Waals surface area contributed by atoms with Gasteiger partial charge in [0.25, 0.3) is 0 Å². The van der Waals surface area contributed by atoms with E-state index in [0.29, 0.717) is 0 Å². The van der Waals surface area contributed by atoms with Gasteiger partial charge in [0.05, 0.1) is 12.3 Å². The zero-order chi connectivity index (χ0) is 14.8. The summed E-state index contributed by atoms with van der Waals surface area (Å²) in [6.07, 6.45) is 4.32. The Balaban J connectivity index is 1.62. The molecule has 2 aromatic carbocycles. The van der Waals surface area contributed by atoms with E-state index in [1.807, 2.05) is 4.68 Å². The van der Waals surface area contributed by atoms with Crippen molar-refractivity contribution in [2.24, 2.45) is 4.99 Å². The van der Waals surface area contributed by atoms with Gasteiger partial charge >= 0.3 is 0 Å². The van der Waals surface area contributed by atoms with Crippen LogP contribution in [0.25, 0.3) is 0 Å². The van der Waals surface area contributed by atoms with Gasteiger partial charge in [0.2, 0.25) is 0 Å². The molecule has 0 bridgehead atoms. The van der Waals surface area contributed by atoms with Gasteiger partial charge < -0.3 is 0 Å². The van der Waals surface area contributed by atoms with E-state index in [1.54, 1.807) is 12.7 Å². The molecule has 4 nitrogen and oxygen atoms in total. The van der Waals surface area contributed by atoms with E-state index in [2.05, 4.69) is 58.6 Å². The van der Waals surface area contributed by atoms with Crippen LogP contribution in [0.5, 0.6) is 0 Å². The first-order valence-corrected chi connectivity index (χ1v) is 7.44. The largest absolute Gasteiger partial charge is 0.284 e. The lowest BCUT2D eigenvalue weighted by Gasteiger charge is -2.17. The van der Waals surface area contributed by atoms with Crippen LogP contribution in [0, 0.1) is 0 Å². The minimum atomic E-state index is 0.739. The number of nitrogens with zero attached hydrogens (tertiary/aromatic N) is 4. The molecule has 0 unspecified atom stereocenters. The van der Waals surface area contributed by atoms with E-state index < -0.39 is 0 Å². The van der Waals surface area contributed by atoms with Crippen molar-refractivity contribution in [3.63, 3.8) is 0 Å². The summed E-state index contributed by atoms with van der Waals surface area (Å²) in [5, 5.41) is 4.14. The number of aromatic nitrogens is 3. The van der Waals surface area contributed by atoms with E-state index >= 15 is 0 Å². The van der Waals surface area contributed by atoms with Crippen LogP contribution < -0.4 is 0 Å². The zero-order valence-corrected chi connectivity index (χ0v) is 12.2. The summed E-state index contributed by atoms with van der Waals surface area (Å²) in [7, 11) is 0. The first-order valence-electron chi connectivity index (χ1n) is 7.44. The molecule has 1 aliphatic heterocycles. The molecule has 0 saturated heterocycles. The molecule has 2 heterocycles. The van der Waals surface area contributed by atoms with Gasteiger partial charge in [-0.25, -0.2) is 9.67 Å². The van der Waals surface area contributed by atoms with Gasteiger partial charge in [-0.15, -0.1) is 0 Å². The van der Waals surface area contributed by atoms with Crippen molar-refractivity contribution in [2.45, 2.75) is 13.0 Å². The first kappa shape index (κ1) is 13.0. The number of hydrogen-bond donors (Lipinski definition) is 0. The Labute approximate surface area is 129 Å². The maximum atomic E-state index is 4.74. The molecule has 1 aliphatic rings. The molecule has 0 fully saturated rings. The van der Waals surface area contributed by atoms with Crippen LogP contribution in [0.15, 0.2) is 66.2 Å².